The Bertz CT molecular complexity index is 288. The smallest absolute Gasteiger partial charge is 0.0124 e. The molecule has 0 unspecified atom stereocenters. The molecule has 0 aromatic rings. The Morgan fingerprint density at radius 3 is 2.00 bits per heavy atom. The van der Waals surface area contributed by atoms with Gasteiger partial charge in [0.25, 0.3) is 0 Å². The summed E-state index contributed by atoms with van der Waals surface area (Å²) in [7, 11) is 0. The first-order chi connectivity index (χ1) is 8.72. The van der Waals surface area contributed by atoms with Crippen molar-refractivity contribution in [3.8, 4) is 0 Å². The van der Waals surface area contributed by atoms with Crippen LogP contribution in [0.25, 0.3) is 0 Å². The summed E-state index contributed by atoms with van der Waals surface area (Å²) < 4.78 is 0. The summed E-state index contributed by atoms with van der Waals surface area (Å²) in [5.74, 6) is 4.33. The summed E-state index contributed by atoms with van der Waals surface area (Å²) in [4.78, 5) is 0. The van der Waals surface area contributed by atoms with E-state index < -0.39 is 0 Å². The van der Waals surface area contributed by atoms with Gasteiger partial charge in [0.15, 0.2) is 0 Å². The zero-order chi connectivity index (χ0) is 12.2. The van der Waals surface area contributed by atoms with E-state index >= 15 is 0 Å². The van der Waals surface area contributed by atoms with Crippen molar-refractivity contribution in [2.45, 2.75) is 70.8 Å². The van der Waals surface area contributed by atoms with Crippen molar-refractivity contribution in [2.24, 2.45) is 29.1 Å². The molecule has 5 aliphatic rings. The zero-order valence-electron chi connectivity index (χ0n) is 12.0. The first-order valence-corrected chi connectivity index (χ1v) is 8.45. The van der Waals surface area contributed by atoms with E-state index in [1.54, 1.807) is 32.1 Å². The van der Waals surface area contributed by atoms with Gasteiger partial charge in [-0.25, -0.2) is 0 Å². The van der Waals surface area contributed by atoms with Crippen LogP contribution in [0.2, 0.25) is 0 Å². The second kappa shape index (κ2) is 4.23. The van der Waals surface area contributed by atoms with Crippen molar-refractivity contribution in [1.82, 2.24) is 5.32 Å². The van der Waals surface area contributed by atoms with Gasteiger partial charge in [-0.1, -0.05) is 19.8 Å². The molecule has 0 radical (unpaired) electrons. The molecule has 1 N–H and O–H groups in total. The highest BCUT2D eigenvalue weighted by Crippen LogP contribution is 2.53. The number of hydrogen-bond donors (Lipinski definition) is 1. The van der Waals surface area contributed by atoms with Crippen LogP contribution in [0, 0.1) is 29.1 Å². The molecule has 0 atom stereocenters. The normalized spacial score (nSPS) is 48.8. The Kier molecular flexibility index (Phi) is 2.76. The molecular formula is C17H29N. The molecule has 0 amide bonds. The molecule has 5 saturated carbocycles. The average molecular weight is 247 g/mol. The fourth-order valence-corrected chi connectivity index (χ4v) is 6.03. The van der Waals surface area contributed by atoms with Crippen LogP contribution in [0.5, 0.6) is 0 Å². The van der Waals surface area contributed by atoms with Crippen LogP contribution < -0.4 is 5.32 Å². The van der Waals surface area contributed by atoms with Gasteiger partial charge in [0.1, 0.15) is 0 Å². The maximum atomic E-state index is 4.05. The minimum atomic E-state index is 0.634. The van der Waals surface area contributed by atoms with E-state index in [4.69, 9.17) is 0 Å². The Balaban J connectivity index is 1.40. The molecule has 18 heavy (non-hydrogen) atoms. The Labute approximate surface area is 112 Å². The monoisotopic (exact) mass is 247 g/mol. The lowest BCUT2D eigenvalue weighted by Crippen LogP contribution is -2.55. The van der Waals surface area contributed by atoms with Gasteiger partial charge in [0, 0.05) is 12.6 Å². The fraction of sp³-hybridized carbons (Fsp3) is 1.00. The van der Waals surface area contributed by atoms with Gasteiger partial charge < -0.3 is 5.32 Å². The third-order valence-corrected chi connectivity index (χ3v) is 6.80. The van der Waals surface area contributed by atoms with Gasteiger partial charge in [0.05, 0.1) is 0 Å². The Morgan fingerprint density at radius 2 is 1.44 bits per heavy atom. The highest BCUT2D eigenvalue weighted by atomic mass is 15.0. The first-order valence-electron chi connectivity index (χ1n) is 8.45. The number of hydrogen-bond acceptors (Lipinski definition) is 1. The third kappa shape index (κ3) is 1.94. The largest absolute Gasteiger partial charge is 0.313 e. The van der Waals surface area contributed by atoms with Crippen molar-refractivity contribution in [3.63, 3.8) is 0 Å². The van der Waals surface area contributed by atoms with E-state index in [-0.39, 0.29) is 0 Å². The summed E-state index contributed by atoms with van der Waals surface area (Å²) in [5, 5.41) is 4.05. The lowest BCUT2D eigenvalue weighted by Gasteiger charge is -2.55. The lowest BCUT2D eigenvalue weighted by molar-refractivity contribution is -0.0167. The molecule has 5 rings (SSSR count). The average Bonchev–Trinajstić information content (AvgIpc) is 2.75. The van der Waals surface area contributed by atoms with E-state index in [1.165, 1.54) is 32.2 Å². The van der Waals surface area contributed by atoms with Crippen LogP contribution in [0.1, 0.15) is 64.7 Å². The van der Waals surface area contributed by atoms with Crippen molar-refractivity contribution >= 4 is 0 Å². The molecule has 0 aliphatic heterocycles. The predicted octanol–water partition coefficient (Wildman–Crippen LogP) is 3.98. The Hall–Kier alpha value is -0.0400. The second-order valence-electron chi connectivity index (χ2n) is 8.36. The van der Waals surface area contributed by atoms with Gasteiger partial charge in [-0.15, -0.1) is 0 Å². The topological polar surface area (TPSA) is 12.0 Å². The van der Waals surface area contributed by atoms with Gasteiger partial charge in [-0.3, -0.25) is 0 Å². The van der Waals surface area contributed by atoms with Crippen LogP contribution in [0.4, 0.5) is 0 Å². The summed E-state index contributed by atoms with van der Waals surface area (Å²) in [5.41, 5.74) is 0.634. The third-order valence-electron chi connectivity index (χ3n) is 6.80. The van der Waals surface area contributed by atoms with Crippen LogP contribution in [-0.4, -0.2) is 12.6 Å². The fourth-order valence-electron chi connectivity index (χ4n) is 6.03. The number of nitrogens with one attached hydrogen (secondary N) is 1. The molecule has 5 fully saturated rings. The molecule has 1 heteroatoms. The standard InChI is InChI=1S/C17H29N/c1-17(4-2-3-5-17)11-18-16-14-7-12-6-13(9-14)10-15(16)8-12/h12-16,18H,2-11H2,1H3. The molecular weight excluding hydrogens is 218 g/mol. The second-order valence-corrected chi connectivity index (χ2v) is 8.36. The minimum Gasteiger partial charge on any atom is -0.313 e. The quantitative estimate of drug-likeness (QED) is 0.795. The van der Waals surface area contributed by atoms with E-state index in [2.05, 4.69) is 12.2 Å². The summed E-state index contributed by atoms with van der Waals surface area (Å²) in [6.45, 7) is 3.82. The predicted molar refractivity (Wildman–Crippen MR) is 75.4 cm³/mol. The van der Waals surface area contributed by atoms with Gasteiger partial charge >= 0.3 is 0 Å². The molecule has 0 spiro atoms. The maximum absolute atomic E-state index is 4.05. The molecule has 1 nitrogen and oxygen atoms in total. The van der Waals surface area contributed by atoms with E-state index in [9.17, 15) is 0 Å². The molecule has 0 aromatic carbocycles. The maximum Gasteiger partial charge on any atom is 0.0124 e. The molecule has 4 bridgehead atoms. The molecule has 0 saturated heterocycles. The van der Waals surface area contributed by atoms with E-state index in [0.29, 0.717) is 5.41 Å². The van der Waals surface area contributed by atoms with Crippen molar-refractivity contribution in [2.75, 3.05) is 6.54 Å². The summed E-state index contributed by atoms with van der Waals surface area (Å²) >= 11 is 0. The number of rotatable bonds is 3. The summed E-state index contributed by atoms with van der Waals surface area (Å²) in [6, 6.07) is 0.898. The van der Waals surface area contributed by atoms with Crippen LogP contribution in [0.3, 0.4) is 0 Å². The van der Waals surface area contributed by atoms with Gasteiger partial charge in [-0.05, 0) is 74.0 Å². The SMILES string of the molecule is CC1(CNC2C3CC4CC(C3)CC2C4)CCCC1. The molecule has 5 aliphatic carbocycles. The van der Waals surface area contributed by atoms with Gasteiger partial charge in [0.2, 0.25) is 0 Å². The highest BCUT2D eigenvalue weighted by molar-refractivity contribution is 5.02. The Morgan fingerprint density at radius 1 is 0.889 bits per heavy atom. The van der Waals surface area contributed by atoms with Crippen molar-refractivity contribution < 1.29 is 0 Å². The van der Waals surface area contributed by atoms with Crippen molar-refractivity contribution in [1.29, 1.82) is 0 Å². The van der Waals surface area contributed by atoms with Crippen LogP contribution in [-0.2, 0) is 0 Å². The molecule has 102 valence electrons. The van der Waals surface area contributed by atoms with Gasteiger partial charge in [-0.2, -0.15) is 0 Å². The van der Waals surface area contributed by atoms with Crippen LogP contribution >= 0.6 is 0 Å². The highest BCUT2D eigenvalue weighted by Gasteiger charge is 2.48. The van der Waals surface area contributed by atoms with E-state index in [0.717, 1.165) is 29.7 Å². The lowest BCUT2D eigenvalue weighted by atomic mass is 9.54. The first kappa shape index (κ1) is 11.8. The zero-order valence-corrected chi connectivity index (χ0v) is 12.0. The van der Waals surface area contributed by atoms with E-state index in [1.807, 2.05) is 0 Å². The molecule has 0 heterocycles. The van der Waals surface area contributed by atoms with Crippen molar-refractivity contribution in [3.05, 3.63) is 0 Å². The minimum absolute atomic E-state index is 0.634. The molecule has 0 aromatic heterocycles. The van der Waals surface area contributed by atoms with Crippen LogP contribution in [0.15, 0.2) is 0 Å². The summed E-state index contributed by atoms with van der Waals surface area (Å²) in [6.07, 6.45) is 13.7.